The summed E-state index contributed by atoms with van der Waals surface area (Å²) in [5, 5.41) is 2.79. The summed E-state index contributed by atoms with van der Waals surface area (Å²) in [7, 11) is 1.57. The van der Waals surface area contributed by atoms with Crippen LogP contribution in [0.3, 0.4) is 0 Å². The van der Waals surface area contributed by atoms with Crippen molar-refractivity contribution in [2.45, 2.75) is 13.8 Å². The fourth-order valence-corrected chi connectivity index (χ4v) is 2.19. The minimum atomic E-state index is -0.206. The van der Waals surface area contributed by atoms with E-state index in [1.807, 2.05) is 12.1 Å². The molecular formula is C17H21N3O2. The van der Waals surface area contributed by atoms with Gasteiger partial charge in [-0.05, 0) is 44.2 Å². The lowest BCUT2D eigenvalue weighted by atomic mass is 10.2. The zero-order chi connectivity index (χ0) is 15.9. The molecule has 1 heterocycles. The number of hydrogen-bond donors (Lipinski definition) is 1. The molecule has 2 aromatic rings. The van der Waals surface area contributed by atoms with Gasteiger partial charge in [-0.25, -0.2) is 4.98 Å². The molecule has 1 aromatic carbocycles. The third-order valence-corrected chi connectivity index (χ3v) is 3.45. The number of carbonyl (C=O) groups excluding carboxylic acids is 1. The van der Waals surface area contributed by atoms with Crippen molar-refractivity contribution in [3.8, 4) is 5.75 Å². The number of aromatic nitrogens is 1. The number of hydrogen-bond acceptors (Lipinski definition) is 4. The lowest BCUT2D eigenvalue weighted by Crippen LogP contribution is -2.22. The molecule has 1 aromatic heterocycles. The summed E-state index contributed by atoms with van der Waals surface area (Å²) in [6.45, 7) is 6.05. The highest BCUT2D eigenvalue weighted by Gasteiger charge is 2.08. The second-order valence-corrected chi connectivity index (χ2v) is 4.76. The van der Waals surface area contributed by atoms with Gasteiger partial charge in [-0.1, -0.05) is 6.07 Å². The molecule has 0 fully saturated rings. The van der Waals surface area contributed by atoms with Gasteiger partial charge in [-0.15, -0.1) is 0 Å². The van der Waals surface area contributed by atoms with Gasteiger partial charge < -0.3 is 15.0 Å². The molecule has 5 heteroatoms. The lowest BCUT2D eigenvalue weighted by Gasteiger charge is -2.20. The topological polar surface area (TPSA) is 54.5 Å². The predicted octanol–water partition coefficient (Wildman–Crippen LogP) is 3.19. The number of ether oxygens (including phenoxy) is 1. The number of amides is 1. The summed E-state index contributed by atoms with van der Waals surface area (Å²) >= 11 is 0. The first kappa shape index (κ1) is 15.8. The van der Waals surface area contributed by atoms with E-state index in [2.05, 4.69) is 29.0 Å². The number of nitrogens with one attached hydrogen (secondary N) is 1. The van der Waals surface area contributed by atoms with Crippen LogP contribution in [0.25, 0.3) is 0 Å². The van der Waals surface area contributed by atoms with Crippen molar-refractivity contribution in [1.29, 1.82) is 0 Å². The average Bonchev–Trinajstić information content (AvgIpc) is 2.57. The number of carbonyl (C=O) groups is 1. The molecule has 0 spiro atoms. The molecule has 0 aliphatic heterocycles. The lowest BCUT2D eigenvalue weighted by molar-refractivity contribution is 0.102. The Balaban J connectivity index is 2.08. The van der Waals surface area contributed by atoms with Gasteiger partial charge in [-0.3, -0.25) is 4.79 Å². The van der Waals surface area contributed by atoms with Crippen molar-refractivity contribution in [2.75, 3.05) is 30.4 Å². The number of pyridine rings is 1. The highest BCUT2D eigenvalue weighted by molar-refractivity contribution is 6.04. The van der Waals surface area contributed by atoms with Gasteiger partial charge in [0.05, 0.1) is 19.0 Å². The molecule has 0 aliphatic rings. The van der Waals surface area contributed by atoms with Gasteiger partial charge in [0.1, 0.15) is 11.6 Å². The first-order chi connectivity index (χ1) is 10.7. The van der Waals surface area contributed by atoms with Crippen molar-refractivity contribution >= 4 is 17.4 Å². The van der Waals surface area contributed by atoms with Crippen LogP contribution in [0, 0.1) is 0 Å². The van der Waals surface area contributed by atoms with Crippen LogP contribution in [0.4, 0.5) is 11.5 Å². The minimum absolute atomic E-state index is 0.206. The van der Waals surface area contributed by atoms with E-state index < -0.39 is 0 Å². The van der Waals surface area contributed by atoms with Crippen molar-refractivity contribution < 1.29 is 9.53 Å². The Hall–Kier alpha value is -2.56. The highest BCUT2D eigenvalue weighted by Crippen LogP contribution is 2.17. The van der Waals surface area contributed by atoms with Gasteiger partial charge in [-0.2, -0.15) is 0 Å². The Morgan fingerprint density at radius 3 is 2.59 bits per heavy atom. The number of nitrogens with zero attached hydrogens (tertiary/aromatic N) is 2. The van der Waals surface area contributed by atoms with Crippen molar-refractivity contribution in [3.63, 3.8) is 0 Å². The Labute approximate surface area is 130 Å². The maximum Gasteiger partial charge on any atom is 0.256 e. The third kappa shape index (κ3) is 3.75. The smallest absolute Gasteiger partial charge is 0.256 e. The molecule has 1 amide bonds. The zero-order valence-corrected chi connectivity index (χ0v) is 13.2. The molecule has 0 saturated carbocycles. The molecule has 0 atom stereocenters. The summed E-state index contributed by atoms with van der Waals surface area (Å²) in [6.07, 6.45) is 1.77. The molecule has 0 aliphatic carbocycles. The molecule has 1 N–H and O–H groups in total. The highest BCUT2D eigenvalue weighted by atomic mass is 16.5. The third-order valence-electron chi connectivity index (χ3n) is 3.45. The molecule has 0 bridgehead atoms. The van der Waals surface area contributed by atoms with Gasteiger partial charge in [0.15, 0.2) is 0 Å². The molecule has 0 unspecified atom stereocenters. The second-order valence-electron chi connectivity index (χ2n) is 4.76. The maximum absolute atomic E-state index is 12.2. The SMILES string of the molecule is CCN(CC)c1ccc(NC(=O)c2cccc(OC)c2)nc1. The fraction of sp³-hybridized carbons (Fsp3) is 0.294. The second kappa shape index (κ2) is 7.45. The van der Waals surface area contributed by atoms with Crippen LogP contribution in [-0.4, -0.2) is 31.1 Å². The normalized spacial score (nSPS) is 10.1. The minimum Gasteiger partial charge on any atom is -0.497 e. The van der Waals surface area contributed by atoms with Gasteiger partial charge in [0.25, 0.3) is 5.91 Å². The van der Waals surface area contributed by atoms with Gasteiger partial charge >= 0.3 is 0 Å². The molecule has 0 saturated heterocycles. The monoisotopic (exact) mass is 299 g/mol. The number of anilines is 2. The van der Waals surface area contributed by atoms with E-state index in [1.54, 1.807) is 37.6 Å². The molecule has 0 radical (unpaired) electrons. The van der Waals surface area contributed by atoms with Gasteiger partial charge in [0, 0.05) is 18.7 Å². The van der Waals surface area contributed by atoms with Crippen LogP contribution in [0.5, 0.6) is 5.75 Å². The summed E-state index contributed by atoms with van der Waals surface area (Å²) in [6, 6.07) is 10.8. The molecule has 2 rings (SSSR count). The summed E-state index contributed by atoms with van der Waals surface area (Å²) in [5.41, 5.74) is 1.58. The zero-order valence-electron chi connectivity index (χ0n) is 13.2. The molecule has 116 valence electrons. The van der Waals surface area contributed by atoms with E-state index in [9.17, 15) is 4.79 Å². The van der Waals surface area contributed by atoms with E-state index in [0.29, 0.717) is 17.1 Å². The number of rotatable bonds is 6. The summed E-state index contributed by atoms with van der Waals surface area (Å²) in [4.78, 5) is 18.7. The van der Waals surface area contributed by atoms with Crippen molar-refractivity contribution in [3.05, 3.63) is 48.2 Å². The Morgan fingerprint density at radius 1 is 1.23 bits per heavy atom. The number of methoxy groups -OCH3 is 1. The van der Waals surface area contributed by atoms with E-state index >= 15 is 0 Å². The quantitative estimate of drug-likeness (QED) is 0.890. The van der Waals surface area contributed by atoms with Gasteiger partial charge in [0.2, 0.25) is 0 Å². The standard InChI is InChI=1S/C17H21N3O2/c1-4-20(5-2)14-9-10-16(18-12-14)19-17(21)13-7-6-8-15(11-13)22-3/h6-12H,4-5H2,1-3H3,(H,18,19,21). The van der Waals surface area contributed by atoms with E-state index in [-0.39, 0.29) is 5.91 Å². The van der Waals surface area contributed by atoms with E-state index in [1.165, 1.54) is 0 Å². The number of benzene rings is 1. The van der Waals surface area contributed by atoms with Crippen LogP contribution in [0.2, 0.25) is 0 Å². The molecule has 5 nitrogen and oxygen atoms in total. The Morgan fingerprint density at radius 2 is 2.00 bits per heavy atom. The van der Waals surface area contributed by atoms with Crippen LogP contribution < -0.4 is 15.0 Å². The van der Waals surface area contributed by atoms with Crippen LogP contribution >= 0.6 is 0 Å². The molecular weight excluding hydrogens is 278 g/mol. The van der Waals surface area contributed by atoms with E-state index in [4.69, 9.17) is 4.74 Å². The first-order valence-corrected chi connectivity index (χ1v) is 7.34. The van der Waals surface area contributed by atoms with Crippen molar-refractivity contribution in [1.82, 2.24) is 4.98 Å². The largest absolute Gasteiger partial charge is 0.497 e. The van der Waals surface area contributed by atoms with Crippen LogP contribution in [0.1, 0.15) is 24.2 Å². The summed E-state index contributed by atoms with van der Waals surface area (Å²) < 4.78 is 5.12. The van der Waals surface area contributed by atoms with Crippen molar-refractivity contribution in [2.24, 2.45) is 0 Å². The Bertz CT molecular complexity index is 622. The average molecular weight is 299 g/mol. The van der Waals surface area contributed by atoms with Crippen LogP contribution in [-0.2, 0) is 0 Å². The fourth-order valence-electron chi connectivity index (χ4n) is 2.19. The maximum atomic E-state index is 12.2. The molecule has 22 heavy (non-hydrogen) atoms. The summed E-state index contributed by atoms with van der Waals surface area (Å²) in [5.74, 6) is 0.975. The Kier molecular flexibility index (Phi) is 5.36. The first-order valence-electron chi connectivity index (χ1n) is 7.34. The van der Waals surface area contributed by atoms with E-state index in [0.717, 1.165) is 18.8 Å². The predicted molar refractivity (Wildman–Crippen MR) is 88.7 cm³/mol. The van der Waals surface area contributed by atoms with Crippen LogP contribution in [0.15, 0.2) is 42.6 Å².